The molecule has 1 unspecified atom stereocenters. The molecule has 0 bridgehead atoms. The summed E-state index contributed by atoms with van der Waals surface area (Å²) in [5, 5.41) is 9.77. The van der Waals surface area contributed by atoms with Crippen LogP contribution in [0.15, 0.2) is 42.6 Å². The average molecular weight is 470 g/mol. The molecule has 8 nitrogen and oxygen atoms in total. The fraction of sp³-hybridized carbons (Fsp3) is 0.273. The second-order valence-electron chi connectivity index (χ2n) is 7.39. The molecule has 0 aliphatic carbocycles. The van der Waals surface area contributed by atoms with Gasteiger partial charge in [0.2, 0.25) is 5.13 Å². The summed E-state index contributed by atoms with van der Waals surface area (Å²) in [4.78, 5) is 16.3. The Labute approximate surface area is 193 Å². The van der Waals surface area contributed by atoms with Crippen molar-refractivity contribution >= 4 is 50.8 Å². The summed E-state index contributed by atoms with van der Waals surface area (Å²) in [7, 11) is 1.35. The Morgan fingerprint density at radius 2 is 2.22 bits per heavy atom. The van der Waals surface area contributed by atoms with Gasteiger partial charge < -0.3 is 14.8 Å². The Kier molecular flexibility index (Phi) is 5.77. The van der Waals surface area contributed by atoms with Crippen molar-refractivity contribution in [1.29, 1.82) is 0 Å². The van der Waals surface area contributed by atoms with E-state index in [1.807, 2.05) is 22.9 Å². The molecule has 1 atom stereocenters. The Balaban J connectivity index is 1.39. The normalized spacial score (nSPS) is 16.2. The van der Waals surface area contributed by atoms with Gasteiger partial charge in [0.15, 0.2) is 12.1 Å². The Morgan fingerprint density at radius 3 is 3.03 bits per heavy atom. The number of aromatic nitrogens is 4. The van der Waals surface area contributed by atoms with Crippen molar-refractivity contribution in [2.45, 2.75) is 25.5 Å². The van der Waals surface area contributed by atoms with E-state index >= 15 is 0 Å². The van der Waals surface area contributed by atoms with Gasteiger partial charge in [0.1, 0.15) is 0 Å². The summed E-state index contributed by atoms with van der Waals surface area (Å²) in [6.45, 7) is 0.751. The third-order valence-corrected chi connectivity index (χ3v) is 6.39. The van der Waals surface area contributed by atoms with Crippen LogP contribution in [0, 0.1) is 0 Å². The van der Waals surface area contributed by atoms with E-state index in [2.05, 4.69) is 19.8 Å². The van der Waals surface area contributed by atoms with Gasteiger partial charge >= 0.3 is 5.97 Å². The highest BCUT2D eigenvalue weighted by molar-refractivity contribution is 7.10. The maximum absolute atomic E-state index is 11.8. The van der Waals surface area contributed by atoms with Crippen LogP contribution in [0.2, 0.25) is 5.02 Å². The van der Waals surface area contributed by atoms with Gasteiger partial charge in [0.05, 0.1) is 35.1 Å². The van der Waals surface area contributed by atoms with Crippen molar-refractivity contribution < 1.29 is 14.3 Å². The van der Waals surface area contributed by atoms with Gasteiger partial charge in [-0.15, -0.1) is 0 Å². The SMILES string of the molecule is COC(=O)c1cccc(-c2nsc(Nc3ccc4c(cnn4C4CCCCO4)c3Cl)n2)c1. The van der Waals surface area contributed by atoms with Crippen molar-refractivity contribution in [1.82, 2.24) is 19.1 Å². The zero-order valence-electron chi connectivity index (χ0n) is 17.2. The molecule has 2 aromatic heterocycles. The number of hydrogen-bond acceptors (Lipinski definition) is 8. The van der Waals surface area contributed by atoms with Crippen LogP contribution >= 0.6 is 23.1 Å². The van der Waals surface area contributed by atoms with Crippen LogP contribution in [0.3, 0.4) is 0 Å². The molecule has 3 heterocycles. The molecule has 1 saturated heterocycles. The molecular formula is C22H20ClN5O3S. The molecule has 32 heavy (non-hydrogen) atoms. The lowest BCUT2D eigenvalue weighted by atomic mass is 10.1. The number of rotatable bonds is 5. The topological polar surface area (TPSA) is 91.2 Å². The van der Waals surface area contributed by atoms with Gasteiger partial charge in [-0.2, -0.15) is 14.5 Å². The van der Waals surface area contributed by atoms with Crippen molar-refractivity contribution in [3.63, 3.8) is 0 Å². The number of fused-ring (bicyclic) bond motifs is 1. The molecule has 5 rings (SSSR count). The second-order valence-corrected chi connectivity index (χ2v) is 8.52. The summed E-state index contributed by atoms with van der Waals surface area (Å²) >= 11 is 7.90. The molecule has 1 fully saturated rings. The highest BCUT2D eigenvalue weighted by Crippen LogP contribution is 2.36. The molecule has 10 heteroatoms. The summed E-state index contributed by atoms with van der Waals surface area (Å²) in [5.41, 5.74) is 2.83. The second kappa shape index (κ2) is 8.85. The largest absolute Gasteiger partial charge is 0.465 e. The Morgan fingerprint density at radius 1 is 1.31 bits per heavy atom. The minimum Gasteiger partial charge on any atom is -0.465 e. The van der Waals surface area contributed by atoms with Crippen molar-refractivity contribution in [3.8, 4) is 11.4 Å². The molecule has 4 aromatic rings. The predicted octanol–water partition coefficient (Wildman–Crippen LogP) is 5.44. The number of benzene rings is 2. The summed E-state index contributed by atoms with van der Waals surface area (Å²) in [6.07, 6.45) is 4.87. The minimum atomic E-state index is -0.403. The number of anilines is 2. The average Bonchev–Trinajstić information content (AvgIpc) is 3.49. The first-order valence-corrected chi connectivity index (χ1v) is 11.4. The quantitative estimate of drug-likeness (QED) is 0.389. The zero-order chi connectivity index (χ0) is 22.1. The third-order valence-electron chi connectivity index (χ3n) is 5.35. The molecule has 0 radical (unpaired) electrons. The van der Waals surface area contributed by atoms with E-state index in [4.69, 9.17) is 21.1 Å². The van der Waals surface area contributed by atoms with Crippen LogP contribution in [0.4, 0.5) is 10.8 Å². The maximum atomic E-state index is 11.8. The highest BCUT2D eigenvalue weighted by atomic mass is 35.5. The standard InChI is InChI=1S/C22H20ClN5O3S/c1-30-21(29)14-6-4-5-13(11-14)20-26-22(32-27-20)25-16-8-9-17-15(19(16)23)12-24-28(17)18-7-2-3-10-31-18/h4-6,8-9,11-12,18H,2-3,7,10H2,1H3,(H,25,26,27). The number of carbonyl (C=O) groups excluding carboxylic acids is 1. The lowest BCUT2D eigenvalue weighted by Gasteiger charge is -2.23. The smallest absolute Gasteiger partial charge is 0.337 e. The molecule has 0 spiro atoms. The van der Waals surface area contributed by atoms with Crippen molar-refractivity contribution in [3.05, 3.63) is 53.2 Å². The molecular weight excluding hydrogens is 450 g/mol. The summed E-state index contributed by atoms with van der Waals surface area (Å²) in [5.74, 6) is 0.113. The van der Waals surface area contributed by atoms with Crippen molar-refractivity contribution in [2.75, 3.05) is 19.0 Å². The van der Waals surface area contributed by atoms with Gasteiger partial charge in [-0.25, -0.2) is 9.48 Å². The Hall–Kier alpha value is -3.01. The number of carbonyl (C=O) groups is 1. The van der Waals surface area contributed by atoms with Crippen LogP contribution in [-0.2, 0) is 9.47 Å². The molecule has 2 aromatic carbocycles. The van der Waals surface area contributed by atoms with Crippen LogP contribution in [0.25, 0.3) is 22.3 Å². The van der Waals surface area contributed by atoms with E-state index < -0.39 is 5.97 Å². The van der Waals surface area contributed by atoms with Gasteiger partial charge in [-0.05, 0) is 43.5 Å². The number of hydrogen-bond donors (Lipinski definition) is 1. The predicted molar refractivity (Wildman–Crippen MR) is 124 cm³/mol. The zero-order valence-corrected chi connectivity index (χ0v) is 18.8. The van der Waals surface area contributed by atoms with E-state index in [9.17, 15) is 4.79 Å². The third kappa shape index (κ3) is 3.94. The van der Waals surface area contributed by atoms with E-state index in [1.54, 1.807) is 24.4 Å². The number of esters is 1. The van der Waals surface area contributed by atoms with E-state index in [0.29, 0.717) is 27.2 Å². The number of ether oxygens (including phenoxy) is 2. The first-order chi connectivity index (χ1) is 15.6. The monoisotopic (exact) mass is 469 g/mol. The Bertz CT molecular complexity index is 1280. The van der Waals surface area contributed by atoms with Gasteiger partial charge in [0.25, 0.3) is 0 Å². The van der Waals surface area contributed by atoms with Crippen LogP contribution in [-0.4, -0.2) is 38.8 Å². The lowest BCUT2D eigenvalue weighted by molar-refractivity contribution is -0.0366. The van der Waals surface area contributed by atoms with E-state index in [0.717, 1.165) is 42.3 Å². The van der Waals surface area contributed by atoms with Crippen LogP contribution in [0.1, 0.15) is 35.8 Å². The van der Waals surface area contributed by atoms with Crippen molar-refractivity contribution in [2.24, 2.45) is 0 Å². The van der Waals surface area contributed by atoms with Crippen LogP contribution in [0.5, 0.6) is 0 Å². The molecule has 0 amide bonds. The molecule has 0 saturated carbocycles. The van der Waals surface area contributed by atoms with E-state index in [1.165, 1.54) is 18.6 Å². The molecule has 164 valence electrons. The fourth-order valence-electron chi connectivity index (χ4n) is 3.74. The number of halogens is 1. The molecule has 1 N–H and O–H groups in total. The number of nitrogens with one attached hydrogen (secondary N) is 1. The number of nitrogens with zero attached hydrogens (tertiary/aromatic N) is 4. The van der Waals surface area contributed by atoms with Gasteiger partial charge in [-0.1, -0.05) is 23.7 Å². The highest BCUT2D eigenvalue weighted by Gasteiger charge is 2.20. The first kappa shape index (κ1) is 20.9. The van der Waals surface area contributed by atoms with Gasteiger partial charge in [-0.3, -0.25) is 0 Å². The van der Waals surface area contributed by atoms with E-state index in [-0.39, 0.29) is 6.23 Å². The molecule has 1 aliphatic heterocycles. The number of methoxy groups -OCH3 is 1. The van der Waals surface area contributed by atoms with Gasteiger partial charge in [0, 0.05) is 29.1 Å². The maximum Gasteiger partial charge on any atom is 0.337 e. The molecule has 1 aliphatic rings. The summed E-state index contributed by atoms with van der Waals surface area (Å²) < 4.78 is 17.0. The first-order valence-electron chi connectivity index (χ1n) is 10.2. The fourth-order valence-corrected chi connectivity index (χ4v) is 4.60. The van der Waals surface area contributed by atoms with Crippen LogP contribution < -0.4 is 5.32 Å². The summed E-state index contributed by atoms with van der Waals surface area (Å²) in [6, 6.07) is 10.9. The minimum absolute atomic E-state index is 0.0531. The lowest BCUT2D eigenvalue weighted by Crippen LogP contribution is -2.18.